The monoisotopic (exact) mass is 364 g/mol. The number of hydrogen-bond acceptors (Lipinski definition) is 5. The molecule has 0 aliphatic heterocycles. The highest BCUT2D eigenvalue weighted by atomic mass is 19.1. The van der Waals surface area contributed by atoms with Crippen LogP contribution < -0.4 is 5.32 Å². The number of rotatable bonds is 2. The molecule has 10 heteroatoms. The van der Waals surface area contributed by atoms with Crippen molar-refractivity contribution in [2.24, 2.45) is 0 Å². The molecule has 2 heterocycles. The lowest BCUT2D eigenvalue weighted by atomic mass is 10.1. The molecule has 0 radical (unpaired) electrons. The molecule has 3 rings (SSSR count). The van der Waals surface area contributed by atoms with Crippen LogP contribution in [-0.4, -0.2) is 37.1 Å². The standard InChI is InChI=1S/C16H14F2N4O4/c1-16(2,3)26-15(25)21-13-11-12(18)19-6-22(11)10-4-7(14(23)24)8(17)5-9(10)20-13/h4-6H,1-3H3,(H,23,24)(H,20,21,25). The third-order valence-corrected chi connectivity index (χ3v) is 3.35. The van der Waals surface area contributed by atoms with Crippen molar-refractivity contribution in [2.75, 3.05) is 5.32 Å². The molecule has 0 bridgehead atoms. The van der Waals surface area contributed by atoms with Gasteiger partial charge in [0.1, 0.15) is 23.3 Å². The fourth-order valence-corrected chi connectivity index (χ4v) is 2.38. The number of aromatic nitrogens is 3. The van der Waals surface area contributed by atoms with Gasteiger partial charge >= 0.3 is 12.1 Å². The summed E-state index contributed by atoms with van der Waals surface area (Å²) in [4.78, 5) is 30.6. The van der Waals surface area contributed by atoms with Crippen LogP contribution >= 0.6 is 0 Å². The van der Waals surface area contributed by atoms with E-state index in [-0.39, 0.29) is 22.4 Å². The first-order chi connectivity index (χ1) is 12.1. The minimum absolute atomic E-state index is 0.00320. The van der Waals surface area contributed by atoms with Crippen molar-refractivity contribution in [1.29, 1.82) is 0 Å². The molecule has 2 aromatic heterocycles. The van der Waals surface area contributed by atoms with Crippen molar-refractivity contribution in [3.05, 3.63) is 35.8 Å². The predicted octanol–water partition coefficient (Wildman–Crippen LogP) is 3.21. The van der Waals surface area contributed by atoms with Crippen molar-refractivity contribution in [3.8, 4) is 0 Å². The second-order valence-electron chi connectivity index (χ2n) is 6.47. The number of carbonyl (C=O) groups excluding carboxylic acids is 1. The number of nitrogens with zero attached hydrogens (tertiary/aromatic N) is 3. The van der Waals surface area contributed by atoms with Crippen LogP contribution in [-0.2, 0) is 4.74 Å². The normalized spacial score (nSPS) is 11.7. The molecule has 26 heavy (non-hydrogen) atoms. The number of carboxylic acid groups (broad SMARTS) is 1. The summed E-state index contributed by atoms with van der Waals surface area (Å²) in [5.41, 5.74) is -1.47. The fraction of sp³-hybridized carbons (Fsp3) is 0.250. The molecule has 0 aliphatic carbocycles. The van der Waals surface area contributed by atoms with Crippen molar-refractivity contribution >= 4 is 34.4 Å². The summed E-state index contributed by atoms with van der Waals surface area (Å²) < 4.78 is 34.3. The van der Waals surface area contributed by atoms with Crippen LogP contribution in [0.2, 0.25) is 0 Å². The predicted molar refractivity (Wildman–Crippen MR) is 87.2 cm³/mol. The molecule has 0 fully saturated rings. The third-order valence-electron chi connectivity index (χ3n) is 3.35. The number of amides is 1. The first kappa shape index (κ1) is 17.5. The van der Waals surface area contributed by atoms with E-state index < -0.39 is 35.0 Å². The average Bonchev–Trinajstić information content (AvgIpc) is 2.87. The minimum Gasteiger partial charge on any atom is -0.478 e. The number of ether oxygens (including phenoxy) is 1. The Balaban J connectivity index is 2.20. The Morgan fingerprint density at radius 1 is 1.27 bits per heavy atom. The van der Waals surface area contributed by atoms with E-state index in [9.17, 15) is 18.4 Å². The van der Waals surface area contributed by atoms with E-state index in [4.69, 9.17) is 9.84 Å². The number of fused-ring (bicyclic) bond motifs is 3. The number of carbonyl (C=O) groups is 2. The Bertz CT molecular complexity index is 1060. The Kier molecular flexibility index (Phi) is 3.98. The topological polar surface area (TPSA) is 106 Å². The molecule has 0 aliphatic rings. The van der Waals surface area contributed by atoms with Gasteiger partial charge in [-0.2, -0.15) is 4.39 Å². The van der Waals surface area contributed by atoms with Crippen molar-refractivity contribution in [2.45, 2.75) is 26.4 Å². The minimum atomic E-state index is -1.48. The maximum atomic E-state index is 14.1. The molecule has 136 valence electrons. The van der Waals surface area contributed by atoms with Crippen LogP contribution in [0.25, 0.3) is 16.6 Å². The zero-order valence-electron chi connectivity index (χ0n) is 14.0. The number of hydrogen-bond donors (Lipinski definition) is 2. The SMILES string of the molecule is CC(C)(C)OC(=O)Nc1nc2cc(F)c(C(=O)O)cc2n2cnc(F)c12. The molecule has 8 nitrogen and oxygen atoms in total. The molecule has 0 saturated heterocycles. The van der Waals surface area contributed by atoms with Crippen LogP contribution in [0, 0.1) is 11.8 Å². The summed E-state index contributed by atoms with van der Waals surface area (Å²) in [7, 11) is 0. The van der Waals surface area contributed by atoms with Crippen LogP contribution in [0.15, 0.2) is 18.5 Å². The van der Waals surface area contributed by atoms with Gasteiger partial charge in [0.15, 0.2) is 5.82 Å². The van der Waals surface area contributed by atoms with E-state index in [1.807, 2.05) is 0 Å². The van der Waals surface area contributed by atoms with Gasteiger partial charge in [0, 0.05) is 6.07 Å². The molecule has 0 unspecified atom stereocenters. The highest BCUT2D eigenvalue weighted by Crippen LogP contribution is 2.26. The number of aromatic carboxylic acids is 1. The molecule has 0 atom stereocenters. The Labute approximate surface area is 145 Å². The average molecular weight is 364 g/mol. The van der Waals surface area contributed by atoms with Crippen LogP contribution in [0.4, 0.5) is 19.4 Å². The van der Waals surface area contributed by atoms with Crippen molar-refractivity contribution < 1.29 is 28.2 Å². The number of halogens is 2. The first-order valence-corrected chi connectivity index (χ1v) is 7.46. The Hall–Kier alpha value is -3.30. The summed E-state index contributed by atoms with van der Waals surface area (Å²) in [5, 5.41) is 11.4. The first-order valence-electron chi connectivity index (χ1n) is 7.46. The molecule has 2 N–H and O–H groups in total. The molecule has 1 amide bonds. The van der Waals surface area contributed by atoms with Gasteiger partial charge in [-0.15, -0.1) is 0 Å². The highest BCUT2D eigenvalue weighted by Gasteiger charge is 2.22. The molecule has 0 saturated carbocycles. The van der Waals surface area contributed by atoms with E-state index in [1.165, 1.54) is 4.40 Å². The molecule has 1 aromatic carbocycles. The van der Waals surface area contributed by atoms with Crippen LogP contribution in [0.5, 0.6) is 0 Å². The van der Waals surface area contributed by atoms with Gasteiger partial charge in [0.2, 0.25) is 5.95 Å². The van der Waals surface area contributed by atoms with E-state index in [1.54, 1.807) is 20.8 Å². The lowest BCUT2D eigenvalue weighted by Gasteiger charge is -2.19. The van der Waals surface area contributed by atoms with E-state index in [0.29, 0.717) is 0 Å². The Morgan fingerprint density at radius 3 is 2.58 bits per heavy atom. The van der Waals surface area contributed by atoms with Gasteiger partial charge in [-0.25, -0.2) is 23.9 Å². The van der Waals surface area contributed by atoms with Gasteiger partial charge in [0.05, 0.1) is 16.6 Å². The number of imidazole rings is 1. The molecular formula is C16H14F2N4O4. The van der Waals surface area contributed by atoms with E-state index in [0.717, 1.165) is 18.5 Å². The van der Waals surface area contributed by atoms with Gasteiger partial charge < -0.3 is 9.84 Å². The maximum absolute atomic E-state index is 14.1. The van der Waals surface area contributed by atoms with E-state index >= 15 is 0 Å². The highest BCUT2D eigenvalue weighted by molar-refractivity contribution is 5.96. The summed E-state index contributed by atoms with van der Waals surface area (Å²) in [5.74, 6) is -3.66. The number of anilines is 1. The van der Waals surface area contributed by atoms with Gasteiger partial charge in [-0.3, -0.25) is 9.72 Å². The zero-order chi connectivity index (χ0) is 19.2. The second-order valence-corrected chi connectivity index (χ2v) is 6.47. The summed E-state index contributed by atoms with van der Waals surface area (Å²) in [6.45, 7) is 4.95. The smallest absolute Gasteiger partial charge is 0.413 e. The molecule has 3 aromatic rings. The Morgan fingerprint density at radius 2 is 1.96 bits per heavy atom. The number of carboxylic acids is 1. The molecule has 0 spiro atoms. The summed E-state index contributed by atoms with van der Waals surface area (Å²) >= 11 is 0. The van der Waals surface area contributed by atoms with E-state index in [2.05, 4.69) is 15.3 Å². The number of nitrogens with one attached hydrogen (secondary N) is 1. The van der Waals surface area contributed by atoms with Gasteiger partial charge in [-0.1, -0.05) is 0 Å². The van der Waals surface area contributed by atoms with Crippen LogP contribution in [0.3, 0.4) is 0 Å². The number of benzene rings is 1. The fourth-order valence-electron chi connectivity index (χ4n) is 2.38. The third kappa shape index (κ3) is 3.13. The maximum Gasteiger partial charge on any atom is 0.413 e. The lowest BCUT2D eigenvalue weighted by molar-refractivity contribution is 0.0633. The van der Waals surface area contributed by atoms with Crippen molar-refractivity contribution in [1.82, 2.24) is 14.4 Å². The van der Waals surface area contributed by atoms with Gasteiger partial charge in [0.25, 0.3) is 0 Å². The van der Waals surface area contributed by atoms with Gasteiger partial charge in [-0.05, 0) is 26.8 Å². The zero-order valence-corrected chi connectivity index (χ0v) is 14.0. The van der Waals surface area contributed by atoms with Crippen molar-refractivity contribution in [3.63, 3.8) is 0 Å². The quantitative estimate of drug-likeness (QED) is 0.723. The summed E-state index contributed by atoms with van der Waals surface area (Å²) in [6, 6.07) is 1.90. The largest absolute Gasteiger partial charge is 0.478 e. The second kappa shape index (κ2) is 5.90. The molecular weight excluding hydrogens is 350 g/mol. The summed E-state index contributed by atoms with van der Waals surface area (Å²) in [6.07, 6.45) is 0.202. The lowest BCUT2D eigenvalue weighted by Crippen LogP contribution is -2.27. The van der Waals surface area contributed by atoms with Crippen LogP contribution in [0.1, 0.15) is 31.1 Å².